The van der Waals surface area contributed by atoms with Crippen LogP contribution >= 0.6 is 34.0 Å². The normalized spacial score (nSPS) is 12.4. The van der Waals surface area contributed by atoms with Crippen LogP contribution in [0.4, 0.5) is 0 Å². The van der Waals surface area contributed by atoms with Crippen LogP contribution in [0.3, 0.4) is 0 Å². The molecule has 0 bridgehead atoms. The van der Waals surface area contributed by atoms with E-state index in [1.165, 1.54) is 128 Å². The number of aromatic nitrogens is 16. The summed E-state index contributed by atoms with van der Waals surface area (Å²) in [6.45, 7) is 0. The molecule has 16 nitrogen and oxygen atoms in total. The molecule has 0 N–H and O–H groups in total. The second kappa shape index (κ2) is 27.2. The summed E-state index contributed by atoms with van der Waals surface area (Å²) < 4.78 is 30.7. The van der Waals surface area contributed by atoms with Crippen molar-refractivity contribution in [1.29, 1.82) is 0 Å². The van der Waals surface area contributed by atoms with Crippen molar-refractivity contribution in [3.8, 4) is 34.8 Å². The maximum Gasteiger partial charge on any atom is 0.237 e. The van der Waals surface area contributed by atoms with Gasteiger partial charge in [-0.1, -0.05) is 206 Å². The zero-order valence-electron chi connectivity index (χ0n) is 70.0. The van der Waals surface area contributed by atoms with E-state index in [0.717, 1.165) is 116 Å². The molecular weight excluding hydrogens is 1680 g/mol. The quantitative estimate of drug-likeness (QED) is 0.164. The minimum atomic E-state index is 0.682. The van der Waals surface area contributed by atoms with E-state index < -0.39 is 0 Å². The molecule has 0 unspecified atom stereocenters. The topological polar surface area (TPSA) is 116 Å². The molecule has 32 aromatic rings. The number of nitrogens with zero attached hydrogens (tertiary/aromatic N) is 16. The molecule has 0 spiro atoms. The Morgan fingerprint density at radius 3 is 0.902 bits per heavy atom. The zero-order chi connectivity index (χ0) is 85.8. The van der Waals surface area contributed by atoms with Crippen LogP contribution in [0.1, 0.15) is 0 Å². The van der Waals surface area contributed by atoms with Gasteiger partial charge in [-0.3, -0.25) is 44.8 Å². The minimum absolute atomic E-state index is 0.682. The second-order valence-corrected chi connectivity index (χ2v) is 37.2. The maximum atomic E-state index is 5.12. The van der Waals surface area contributed by atoms with Crippen LogP contribution in [0.15, 0.2) is 401 Å². The van der Waals surface area contributed by atoms with Crippen LogP contribution < -0.4 is 0 Å². The van der Waals surface area contributed by atoms with E-state index in [2.05, 4.69) is 432 Å². The monoisotopic (exact) mass is 1740 g/mol. The summed E-state index contributed by atoms with van der Waals surface area (Å²) in [4.78, 5) is 27.1. The van der Waals surface area contributed by atoms with Crippen molar-refractivity contribution < 1.29 is 0 Å². The van der Waals surface area contributed by atoms with Crippen LogP contribution in [0.2, 0.25) is 0 Å². The Bertz CT molecular complexity index is 10500. The Kier molecular flexibility index (Phi) is 14.8. The van der Waals surface area contributed by atoms with Crippen molar-refractivity contribution >= 4 is 255 Å². The zero-order valence-corrected chi connectivity index (χ0v) is 72.4. The molecule has 0 aliphatic carbocycles. The van der Waals surface area contributed by atoms with E-state index in [9.17, 15) is 0 Å². The Balaban J connectivity index is 0.0000000951. The van der Waals surface area contributed by atoms with Crippen LogP contribution in [0.5, 0.6) is 0 Å². The fraction of sp³-hybridized carbons (Fsp3) is 0. The Labute approximate surface area is 758 Å². The first-order valence-electron chi connectivity index (χ1n) is 44.2. The van der Waals surface area contributed by atoms with Crippen LogP contribution in [0, 0.1) is 0 Å². The van der Waals surface area contributed by atoms with Gasteiger partial charge in [0.2, 0.25) is 11.9 Å². The number of hydrogen-bond donors (Lipinski definition) is 0. The Hall–Kier alpha value is -17.2. The molecule has 616 valence electrons. The van der Waals surface area contributed by atoms with Gasteiger partial charge in [0, 0.05) is 120 Å². The standard InChI is InChI=1S/C39H23N5S.C38H22N6S.C36H21N5S/c1-3-11-29-24(9-1)21-36-41(30-12-4-5-13-31(30)42(29)36)26-18-17-25-22-37-43(34(25)23-26)32-14-6-7-15-33(32)44(37)39-38-28(19-20-40-39)27-10-2-8-16-35(27)45-38;1-3-11-28-23(9-1)19-35-41(29-12-4-5-13-30(29)42(28)35)25-18-17-24-20-36-43(33(24)21-25)31-14-6-7-15-32(31)44(36)38-39-22-27-26-10-2-8-16-34(26)45-37(27)40-38;1-4-12-28-24(9-1)25-10-2-5-13-29(25)39(28)23-18-17-22-19-34-40(32(22)20-23)30-14-6-7-15-31(30)41(34)36-37-21-27-26-11-3-8-16-33(26)42-35(27)38-36/h1-23H;1-22H;1-21H. The molecule has 15 aromatic carbocycles. The average Bonchev–Trinajstić information content (AvgIpc) is 1.56. The number of pyridine rings is 1. The number of rotatable bonds is 6. The van der Waals surface area contributed by atoms with Gasteiger partial charge >= 0.3 is 0 Å². The first-order chi connectivity index (χ1) is 65.5. The number of hydrogen-bond acceptors (Lipinski definition) is 8. The van der Waals surface area contributed by atoms with Gasteiger partial charge in [0.05, 0.1) is 98.5 Å². The highest BCUT2D eigenvalue weighted by Crippen LogP contribution is 2.45. The second-order valence-electron chi connectivity index (χ2n) is 34.1. The summed E-state index contributed by atoms with van der Waals surface area (Å²) in [5.74, 6) is 2.34. The molecule has 19 heteroatoms. The lowest BCUT2D eigenvalue weighted by Gasteiger charge is -2.08. The number of para-hydroxylation sites is 14. The highest BCUT2D eigenvalue weighted by atomic mass is 32.1. The van der Waals surface area contributed by atoms with Crippen LogP contribution in [-0.2, 0) is 0 Å². The highest BCUT2D eigenvalue weighted by Gasteiger charge is 2.27. The van der Waals surface area contributed by atoms with Crippen LogP contribution in [-0.4, -0.2) is 74.3 Å². The fourth-order valence-corrected chi connectivity index (χ4v) is 24.8. The lowest BCUT2D eigenvalue weighted by molar-refractivity contribution is 1.00. The average molecular weight is 1740 g/mol. The van der Waals surface area contributed by atoms with Gasteiger partial charge in [0.1, 0.15) is 37.9 Å². The third kappa shape index (κ3) is 10.1. The van der Waals surface area contributed by atoms with Crippen molar-refractivity contribution in [3.63, 3.8) is 0 Å². The van der Waals surface area contributed by atoms with E-state index in [-0.39, 0.29) is 0 Å². The number of imidazole rings is 5. The van der Waals surface area contributed by atoms with Gasteiger partial charge in [0.25, 0.3) is 0 Å². The summed E-state index contributed by atoms with van der Waals surface area (Å²) in [6, 6.07) is 137. The van der Waals surface area contributed by atoms with Crippen molar-refractivity contribution in [2.45, 2.75) is 0 Å². The third-order valence-corrected chi connectivity index (χ3v) is 30.5. The van der Waals surface area contributed by atoms with Crippen molar-refractivity contribution in [2.24, 2.45) is 0 Å². The van der Waals surface area contributed by atoms with Crippen molar-refractivity contribution in [2.75, 3.05) is 0 Å². The summed E-state index contributed by atoms with van der Waals surface area (Å²) in [7, 11) is 0. The van der Waals surface area contributed by atoms with E-state index >= 15 is 0 Å². The predicted octanol–water partition coefficient (Wildman–Crippen LogP) is 29.0. The first-order valence-corrected chi connectivity index (χ1v) is 46.6. The van der Waals surface area contributed by atoms with Gasteiger partial charge < -0.3 is 4.57 Å². The van der Waals surface area contributed by atoms with E-state index in [0.29, 0.717) is 11.9 Å². The summed E-state index contributed by atoms with van der Waals surface area (Å²) >= 11 is 5.25. The smallest absolute Gasteiger partial charge is 0.237 e. The molecule has 0 saturated heterocycles. The SMILES string of the molecule is c1ccc2c(c1)cc1n(-c3ccc4cc5n(-c6ncc7c(n6)sc6ccccc67)c6ccccc6n5c4c3)c3ccccc3n21.c1ccc2c(c1)cc1n(-c3ccc4cc5n(-c6nccc7c6sc6ccccc67)c6ccccc6n5c4c3)c3ccccc3n21.c1ccc2c(c1)sc1nc(-n3c4ccccc4n4c5cc(-n6c7ccccc7c7ccccc76)ccc5cc34)ncc12. The molecule has 17 heterocycles. The van der Waals surface area contributed by atoms with Gasteiger partial charge in [-0.15, -0.1) is 34.0 Å². The summed E-state index contributed by atoms with van der Waals surface area (Å²) in [5, 5.41) is 15.7. The predicted molar refractivity (Wildman–Crippen MR) is 548 cm³/mol. The fourth-order valence-electron chi connectivity index (χ4n) is 21.5. The van der Waals surface area contributed by atoms with E-state index in [4.69, 9.17) is 24.9 Å². The number of fused-ring (bicyclic) bond motifs is 37. The molecule has 0 atom stereocenters. The largest absolute Gasteiger partial charge is 0.309 e. The van der Waals surface area contributed by atoms with E-state index in [1.807, 2.05) is 29.9 Å². The minimum Gasteiger partial charge on any atom is -0.309 e. The lowest BCUT2D eigenvalue weighted by Crippen LogP contribution is -2.00. The van der Waals surface area contributed by atoms with Crippen LogP contribution in [0.25, 0.3) is 255 Å². The van der Waals surface area contributed by atoms with Gasteiger partial charge in [-0.25, -0.2) is 24.9 Å². The lowest BCUT2D eigenvalue weighted by atomic mass is 10.2. The molecule has 132 heavy (non-hydrogen) atoms. The highest BCUT2D eigenvalue weighted by molar-refractivity contribution is 7.26. The first kappa shape index (κ1) is 71.9. The van der Waals surface area contributed by atoms with Gasteiger partial charge in [0.15, 0.2) is 5.82 Å². The number of benzene rings is 15. The molecule has 17 aromatic heterocycles. The van der Waals surface area contributed by atoms with Gasteiger partial charge in [-0.2, -0.15) is 0 Å². The third-order valence-electron chi connectivity index (χ3n) is 27.1. The molecular formula is C113H66N16S3. The molecule has 0 saturated carbocycles. The molecule has 32 rings (SSSR count). The molecule has 0 aliphatic rings. The molecule has 0 fully saturated rings. The summed E-state index contributed by atoms with van der Waals surface area (Å²) in [6.07, 6.45) is 5.91. The maximum absolute atomic E-state index is 5.12. The van der Waals surface area contributed by atoms with Crippen molar-refractivity contribution in [3.05, 3.63) is 401 Å². The van der Waals surface area contributed by atoms with E-state index in [1.54, 1.807) is 22.7 Å². The number of thiophene rings is 3. The molecule has 0 radical (unpaired) electrons. The van der Waals surface area contributed by atoms with Crippen molar-refractivity contribution in [1.82, 2.24) is 74.3 Å². The molecule has 0 amide bonds. The Morgan fingerprint density at radius 1 is 0.189 bits per heavy atom. The molecule has 0 aliphatic heterocycles. The van der Waals surface area contributed by atoms with Gasteiger partial charge in [-0.05, 0) is 176 Å². The Morgan fingerprint density at radius 2 is 0.485 bits per heavy atom. The summed E-state index contributed by atoms with van der Waals surface area (Å²) in [5.41, 5.74) is 28.7.